The molecule has 0 aliphatic heterocycles. The normalized spacial score (nSPS) is 38.7. The number of hydrogen-bond acceptors (Lipinski definition) is 1. The highest BCUT2D eigenvalue weighted by Crippen LogP contribution is 2.42. The number of carbonyl (C=O) groups is 1. The van der Waals surface area contributed by atoms with Gasteiger partial charge in [-0.2, -0.15) is 0 Å². The van der Waals surface area contributed by atoms with E-state index in [4.69, 9.17) is 0 Å². The molecule has 0 N–H and O–H groups in total. The summed E-state index contributed by atoms with van der Waals surface area (Å²) >= 11 is 0. The lowest BCUT2D eigenvalue weighted by Gasteiger charge is -2.39. The van der Waals surface area contributed by atoms with Gasteiger partial charge in [-0.15, -0.1) is 0 Å². The van der Waals surface area contributed by atoms with Gasteiger partial charge in [-0.25, -0.2) is 0 Å². The van der Waals surface area contributed by atoms with Crippen LogP contribution < -0.4 is 0 Å². The molecule has 1 rings (SSSR count). The van der Waals surface area contributed by atoms with Crippen LogP contribution in [0.5, 0.6) is 0 Å². The van der Waals surface area contributed by atoms with Gasteiger partial charge in [-0.1, -0.05) is 40.5 Å². The molecule has 3 atom stereocenters. The summed E-state index contributed by atoms with van der Waals surface area (Å²) in [6.07, 6.45) is 5.41. The Balaban J connectivity index is 2.63. The van der Waals surface area contributed by atoms with Gasteiger partial charge in [0.15, 0.2) is 0 Å². The summed E-state index contributed by atoms with van der Waals surface area (Å²) in [6, 6.07) is 0. The molecular formula is C13H24O. The van der Waals surface area contributed by atoms with Crippen LogP contribution in [0.15, 0.2) is 0 Å². The van der Waals surface area contributed by atoms with Gasteiger partial charge in [0, 0.05) is 11.8 Å². The van der Waals surface area contributed by atoms with Crippen LogP contribution >= 0.6 is 0 Å². The third kappa shape index (κ3) is 2.37. The summed E-state index contributed by atoms with van der Waals surface area (Å²) in [5.41, 5.74) is 0.00192. The van der Waals surface area contributed by atoms with Crippen molar-refractivity contribution in [3.05, 3.63) is 0 Å². The van der Waals surface area contributed by atoms with Gasteiger partial charge in [0.25, 0.3) is 0 Å². The summed E-state index contributed by atoms with van der Waals surface area (Å²) < 4.78 is 0. The lowest BCUT2D eigenvalue weighted by Crippen LogP contribution is -2.38. The molecule has 0 aromatic rings. The largest absolute Gasteiger partial charge is 0.299 e. The minimum atomic E-state index is 0.00192. The Morgan fingerprint density at radius 3 is 2.57 bits per heavy atom. The summed E-state index contributed by atoms with van der Waals surface area (Å²) in [7, 11) is 0. The van der Waals surface area contributed by atoms with Gasteiger partial charge in [-0.05, 0) is 24.7 Å². The van der Waals surface area contributed by atoms with Gasteiger partial charge in [0.2, 0.25) is 0 Å². The van der Waals surface area contributed by atoms with E-state index in [1.165, 1.54) is 12.8 Å². The molecule has 1 fully saturated rings. The van der Waals surface area contributed by atoms with Crippen LogP contribution in [0.25, 0.3) is 0 Å². The monoisotopic (exact) mass is 196 g/mol. The molecule has 1 aliphatic carbocycles. The number of Topliss-reactive ketones (excluding diaryl/α,β-unsaturated/α-hetero) is 1. The van der Waals surface area contributed by atoms with E-state index in [1.807, 2.05) is 0 Å². The third-order valence-electron chi connectivity index (χ3n) is 4.01. The van der Waals surface area contributed by atoms with Crippen molar-refractivity contribution in [2.24, 2.45) is 17.3 Å². The summed E-state index contributed by atoms with van der Waals surface area (Å²) in [5, 5.41) is 0. The molecule has 0 aromatic heterocycles. The average molecular weight is 196 g/mol. The molecule has 0 heterocycles. The Morgan fingerprint density at radius 2 is 2.00 bits per heavy atom. The quantitative estimate of drug-likeness (QED) is 0.670. The molecule has 1 heteroatoms. The molecule has 1 nitrogen and oxygen atoms in total. The van der Waals surface area contributed by atoms with Gasteiger partial charge < -0.3 is 0 Å². The second-order valence-electron chi connectivity index (χ2n) is 5.45. The number of ketones is 1. The molecular weight excluding hydrogens is 172 g/mol. The highest BCUT2D eigenvalue weighted by Gasteiger charge is 2.40. The SMILES string of the molecule is CCCCC1(C)CC(C)C(C)CC1=O. The highest BCUT2D eigenvalue weighted by molar-refractivity contribution is 5.85. The second kappa shape index (κ2) is 4.46. The molecule has 0 radical (unpaired) electrons. The summed E-state index contributed by atoms with van der Waals surface area (Å²) in [4.78, 5) is 12.0. The van der Waals surface area contributed by atoms with E-state index in [0.29, 0.717) is 11.7 Å². The maximum atomic E-state index is 12.0. The Bertz CT molecular complexity index is 209. The van der Waals surface area contributed by atoms with Crippen molar-refractivity contribution < 1.29 is 4.79 Å². The zero-order chi connectivity index (χ0) is 10.8. The molecule has 0 saturated heterocycles. The minimum absolute atomic E-state index is 0.00192. The van der Waals surface area contributed by atoms with Crippen molar-refractivity contribution in [1.29, 1.82) is 0 Å². The Labute approximate surface area is 88.3 Å². The maximum Gasteiger partial charge on any atom is 0.139 e. The third-order valence-corrected chi connectivity index (χ3v) is 4.01. The van der Waals surface area contributed by atoms with E-state index in [2.05, 4.69) is 27.7 Å². The van der Waals surface area contributed by atoms with E-state index in [1.54, 1.807) is 0 Å². The Hall–Kier alpha value is -0.330. The first-order chi connectivity index (χ1) is 6.49. The fourth-order valence-electron chi connectivity index (χ4n) is 2.57. The van der Waals surface area contributed by atoms with Gasteiger partial charge in [0.1, 0.15) is 5.78 Å². The molecule has 3 unspecified atom stereocenters. The zero-order valence-corrected chi connectivity index (χ0v) is 10.1. The Kier molecular flexibility index (Phi) is 3.74. The van der Waals surface area contributed by atoms with Gasteiger partial charge in [-0.3, -0.25) is 4.79 Å². The molecule has 0 aromatic carbocycles. The standard InChI is InChI=1S/C13H24O/c1-5-6-7-13(4)9-11(3)10(2)8-12(13)14/h10-11H,5-9H2,1-4H3. The lowest BCUT2D eigenvalue weighted by molar-refractivity contribution is -0.134. The predicted molar refractivity (Wildman–Crippen MR) is 60.2 cm³/mol. The molecule has 1 aliphatic rings. The first kappa shape index (κ1) is 11.7. The molecule has 0 amide bonds. The first-order valence-electron chi connectivity index (χ1n) is 6.03. The van der Waals surface area contributed by atoms with Crippen LogP contribution in [-0.2, 0) is 4.79 Å². The summed E-state index contributed by atoms with van der Waals surface area (Å²) in [6.45, 7) is 8.87. The predicted octanol–water partition coefficient (Wildman–Crippen LogP) is 3.82. The van der Waals surface area contributed by atoms with Gasteiger partial charge >= 0.3 is 0 Å². The number of hydrogen-bond donors (Lipinski definition) is 0. The van der Waals surface area contributed by atoms with E-state index in [9.17, 15) is 4.79 Å². The molecule has 1 saturated carbocycles. The average Bonchev–Trinajstić information content (AvgIpc) is 2.12. The van der Waals surface area contributed by atoms with Crippen LogP contribution in [0.2, 0.25) is 0 Å². The van der Waals surface area contributed by atoms with Gasteiger partial charge in [0.05, 0.1) is 0 Å². The maximum absolute atomic E-state index is 12.0. The number of rotatable bonds is 3. The highest BCUT2D eigenvalue weighted by atomic mass is 16.1. The van der Waals surface area contributed by atoms with Crippen molar-refractivity contribution >= 4 is 5.78 Å². The molecule has 82 valence electrons. The van der Waals surface area contributed by atoms with Crippen molar-refractivity contribution in [3.63, 3.8) is 0 Å². The van der Waals surface area contributed by atoms with E-state index in [0.717, 1.165) is 25.2 Å². The summed E-state index contributed by atoms with van der Waals surface area (Å²) in [5.74, 6) is 1.82. The molecule has 14 heavy (non-hydrogen) atoms. The lowest BCUT2D eigenvalue weighted by atomic mass is 9.64. The van der Waals surface area contributed by atoms with Crippen molar-refractivity contribution in [1.82, 2.24) is 0 Å². The van der Waals surface area contributed by atoms with E-state index in [-0.39, 0.29) is 5.41 Å². The smallest absolute Gasteiger partial charge is 0.139 e. The van der Waals surface area contributed by atoms with Crippen LogP contribution in [0, 0.1) is 17.3 Å². The first-order valence-corrected chi connectivity index (χ1v) is 6.03. The van der Waals surface area contributed by atoms with Crippen molar-refractivity contribution in [2.75, 3.05) is 0 Å². The molecule has 0 bridgehead atoms. The van der Waals surface area contributed by atoms with Crippen molar-refractivity contribution in [3.8, 4) is 0 Å². The Morgan fingerprint density at radius 1 is 1.36 bits per heavy atom. The van der Waals surface area contributed by atoms with Crippen LogP contribution in [0.1, 0.15) is 59.8 Å². The fourth-order valence-corrected chi connectivity index (χ4v) is 2.57. The van der Waals surface area contributed by atoms with Crippen LogP contribution in [-0.4, -0.2) is 5.78 Å². The fraction of sp³-hybridized carbons (Fsp3) is 0.923. The minimum Gasteiger partial charge on any atom is -0.299 e. The topological polar surface area (TPSA) is 17.1 Å². The zero-order valence-electron chi connectivity index (χ0n) is 10.1. The van der Waals surface area contributed by atoms with Crippen molar-refractivity contribution in [2.45, 2.75) is 59.8 Å². The van der Waals surface area contributed by atoms with E-state index >= 15 is 0 Å². The second-order valence-corrected chi connectivity index (χ2v) is 5.45. The van der Waals surface area contributed by atoms with Crippen LogP contribution in [0.3, 0.4) is 0 Å². The van der Waals surface area contributed by atoms with E-state index < -0.39 is 0 Å². The molecule has 0 spiro atoms. The number of unbranched alkanes of at least 4 members (excludes halogenated alkanes) is 1. The number of carbonyl (C=O) groups excluding carboxylic acids is 1. The van der Waals surface area contributed by atoms with Crippen LogP contribution in [0.4, 0.5) is 0 Å².